The molecule has 1 aliphatic heterocycles. The van der Waals surface area contributed by atoms with Crippen LogP contribution in [-0.2, 0) is 11.4 Å². The monoisotopic (exact) mass is 516 g/mol. The summed E-state index contributed by atoms with van der Waals surface area (Å²) in [6.07, 6.45) is 1.72. The number of carbonyl (C=O) groups is 2. The Hall–Kier alpha value is -2.77. The number of benzene rings is 3. The van der Waals surface area contributed by atoms with Gasteiger partial charge in [0.2, 0.25) is 0 Å². The highest BCUT2D eigenvalue weighted by Gasteiger charge is 2.24. The van der Waals surface area contributed by atoms with Gasteiger partial charge in [-0.1, -0.05) is 53.0 Å². The van der Waals surface area contributed by atoms with Crippen molar-refractivity contribution in [1.29, 1.82) is 0 Å². The molecule has 0 atom stereocenters. The summed E-state index contributed by atoms with van der Waals surface area (Å²) < 4.78 is 5.77. The van der Waals surface area contributed by atoms with Crippen LogP contribution in [0.25, 0.3) is 6.08 Å². The Morgan fingerprint density at radius 2 is 1.70 bits per heavy atom. The molecular formula is C24H15Cl3N2O3S. The Bertz CT molecular complexity index is 1270. The summed E-state index contributed by atoms with van der Waals surface area (Å²) in [7, 11) is 0. The van der Waals surface area contributed by atoms with Crippen LogP contribution in [0.5, 0.6) is 5.75 Å². The summed E-state index contributed by atoms with van der Waals surface area (Å²) >= 11 is 18.9. The van der Waals surface area contributed by atoms with Gasteiger partial charge in [-0.15, -0.1) is 0 Å². The fraction of sp³-hybridized carbons (Fsp3) is 0.0417. The molecule has 3 aromatic rings. The summed E-state index contributed by atoms with van der Waals surface area (Å²) in [6.45, 7) is 0.344. The SMILES string of the molecule is O=C1NC(=NC(=O)c2ccc(Cl)cc2)S/C1=C\c1ccc(OCc2ccc(Cl)c(Cl)c2)cc1. The van der Waals surface area contributed by atoms with Crippen molar-refractivity contribution in [2.45, 2.75) is 6.61 Å². The number of hydrogen-bond acceptors (Lipinski definition) is 4. The summed E-state index contributed by atoms with van der Waals surface area (Å²) in [5.74, 6) is -0.107. The molecule has 0 aliphatic carbocycles. The van der Waals surface area contributed by atoms with Gasteiger partial charge >= 0.3 is 0 Å². The van der Waals surface area contributed by atoms with Crippen LogP contribution in [-0.4, -0.2) is 17.0 Å². The molecule has 3 aromatic carbocycles. The van der Waals surface area contributed by atoms with E-state index in [-0.39, 0.29) is 11.1 Å². The molecule has 0 aromatic heterocycles. The highest BCUT2D eigenvalue weighted by Crippen LogP contribution is 2.27. The number of rotatable bonds is 5. The molecule has 1 fully saturated rings. The van der Waals surface area contributed by atoms with Gasteiger partial charge in [0.25, 0.3) is 11.8 Å². The Morgan fingerprint density at radius 3 is 2.39 bits per heavy atom. The van der Waals surface area contributed by atoms with E-state index < -0.39 is 5.91 Å². The minimum atomic E-state index is -0.459. The highest BCUT2D eigenvalue weighted by molar-refractivity contribution is 8.18. The third kappa shape index (κ3) is 6.18. The fourth-order valence-corrected chi connectivity index (χ4v) is 4.10. The molecule has 2 amide bonds. The summed E-state index contributed by atoms with van der Waals surface area (Å²) in [6, 6.07) is 19.0. The average molecular weight is 518 g/mol. The standard InChI is InChI=1S/C24H15Cl3N2O3S/c25-17-6-4-16(5-7-17)22(30)28-24-29-23(31)21(33-24)12-14-1-8-18(9-2-14)32-13-15-3-10-19(26)20(27)11-15/h1-12H,13H2,(H,28,29,30,31)/b21-12-. The molecule has 0 spiro atoms. The van der Waals surface area contributed by atoms with E-state index in [1.54, 1.807) is 54.6 Å². The topological polar surface area (TPSA) is 67.8 Å². The second-order valence-electron chi connectivity index (χ2n) is 6.90. The fourth-order valence-electron chi connectivity index (χ4n) is 2.84. The molecule has 0 bridgehead atoms. The summed E-state index contributed by atoms with van der Waals surface area (Å²) in [5, 5.41) is 4.34. The first kappa shape index (κ1) is 23.4. The number of ether oxygens (including phenoxy) is 1. The number of amides is 2. The molecule has 1 N–H and O–H groups in total. The predicted octanol–water partition coefficient (Wildman–Crippen LogP) is 6.63. The van der Waals surface area contributed by atoms with E-state index in [0.29, 0.717) is 37.9 Å². The number of carbonyl (C=O) groups excluding carboxylic acids is 2. The first-order chi connectivity index (χ1) is 15.9. The van der Waals surface area contributed by atoms with Crippen LogP contribution in [0.15, 0.2) is 76.6 Å². The van der Waals surface area contributed by atoms with Gasteiger partial charge in [-0.25, -0.2) is 0 Å². The van der Waals surface area contributed by atoms with Crippen LogP contribution in [0.2, 0.25) is 15.1 Å². The molecule has 0 radical (unpaired) electrons. The van der Waals surface area contributed by atoms with Crippen LogP contribution in [0.4, 0.5) is 0 Å². The zero-order valence-corrected chi connectivity index (χ0v) is 19.9. The third-order valence-corrected chi connectivity index (χ3v) is 6.41. The van der Waals surface area contributed by atoms with E-state index >= 15 is 0 Å². The largest absolute Gasteiger partial charge is 0.489 e. The maximum absolute atomic E-state index is 12.3. The van der Waals surface area contributed by atoms with E-state index in [9.17, 15) is 9.59 Å². The molecule has 166 valence electrons. The van der Waals surface area contributed by atoms with Crippen LogP contribution in [0.1, 0.15) is 21.5 Å². The normalized spacial score (nSPS) is 15.7. The number of nitrogens with zero attached hydrogens (tertiary/aromatic N) is 1. The second kappa shape index (κ2) is 10.4. The summed E-state index contributed by atoms with van der Waals surface area (Å²) in [4.78, 5) is 29.0. The first-order valence-corrected chi connectivity index (χ1v) is 11.6. The van der Waals surface area contributed by atoms with E-state index in [0.717, 1.165) is 22.9 Å². The van der Waals surface area contributed by atoms with Crippen molar-refractivity contribution >= 4 is 69.6 Å². The second-order valence-corrected chi connectivity index (χ2v) is 9.18. The van der Waals surface area contributed by atoms with E-state index in [4.69, 9.17) is 39.5 Å². The summed E-state index contributed by atoms with van der Waals surface area (Å²) in [5.41, 5.74) is 2.09. The number of aliphatic imine (C=N–C) groups is 1. The van der Waals surface area contributed by atoms with Gasteiger partial charge in [0.1, 0.15) is 12.4 Å². The molecule has 33 heavy (non-hydrogen) atoms. The number of amidine groups is 1. The molecular weight excluding hydrogens is 503 g/mol. The van der Waals surface area contributed by atoms with Crippen LogP contribution < -0.4 is 10.1 Å². The number of nitrogens with one attached hydrogen (secondary N) is 1. The minimum Gasteiger partial charge on any atom is -0.489 e. The van der Waals surface area contributed by atoms with Gasteiger partial charge < -0.3 is 10.1 Å². The average Bonchev–Trinajstić information content (AvgIpc) is 3.14. The molecule has 9 heteroatoms. The van der Waals surface area contributed by atoms with Crippen molar-refractivity contribution in [3.8, 4) is 5.75 Å². The molecule has 1 saturated heterocycles. The van der Waals surface area contributed by atoms with Gasteiger partial charge in [0.15, 0.2) is 5.17 Å². The van der Waals surface area contributed by atoms with Crippen LogP contribution in [0, 0.1) is 0 Å². The number of thioether (sulfide) groups is 1. The van der Waals surface area contributed by atoms with E-state index in [1.807, 2.05) is 18.2 Å². The molecule has 0 saturated carbocycles. The Labute approximate surface area is 209 Å². The highest BCUT2D eigenvalue weighted by atomic mass is 35.5. The van der Waals surface area contributed by atoms with Crippen molar-refractivity contribution in [3.63, 3.8) is 0 Å². The number of hydrogen-bond donors (Lipinski definition) is 1. The third-order valence-electron chi connectivity index (χ3n) is 4.51. The minimum absolute atomic E-state index is 0.229. The van der Waals surface area contributed by atoms with Crippen LogP contribution >= 0.6 is 46.6 Å². The molecule has 1 aliphatic rings. The van der Waals surface area contributed by atoms with E-state index in [2.05, 4.69) is 10.3 Å². The number of halogens is 3. The maximum atomic E-state index is 12.3. The van der Waals surface area contributed by atoms with E-state index in [1.165, 1.54) is 0 Å². The van der Waals surface area contributed by atoms with Crippen molar-refractivity contribution in [1.82, 2.24) is 5.32 Å². The lowest BCUT2D eigenvalue weighted by Gasteiger charge is -2.07. The van der Waals surface area contributed by atoms with Crippen molar-refractivity contribution in [2.75, 3.05) is 0 Å². The first-order valence-electron chi connectivity index (χ1n) is 9.64. The van der Waals surface area contributed by atoms with Gasteiger partial charge in [0.05, 0.1) is 15.0 Å². The Morgan fingerprint density at radius 1 is 0.970 bits per heavy atom. The van der Waals surface area contributed by atoms with Crippen LogP contribution in [0.3, 0.4) is 0 Å². The molecule has 4 rings (SSSR count). The van der Waals surface area contributed by atoms with Gasteiger partial charge in [-0.05, 0) is 77.5 Å². The Kier molecular flexibility index (Phi) is 7.40. The van der Waals surface area contributed by atoms with Crippen molar-refractivity contribution in [2.24, 2.45) is 4.99 Å². The quantitative estimate of drug-likeness (QED) is 0.386. The molecule has 5 nitrogen and oxygen atoms in total. The zero-order valence-electron chi connectivity index (χ0n) is 16.8. The predicted molar refractivity (Wildman–Crippen MR) is 134 cm³/mol. The molecule has 1 heterocycles. The lowest BCUT2D eigenvalue weighted by atomic mass is 10.2. The smallest absolute Gasteiger partial charge is 0.279 e. The van der Waals surface area contributed by atoms with Gasteiger partial charge in [0, 0.05) is 10.6 Å². The molecule has 0 unspecified atom stereocenters. The van der Waals surface area contributed by atoms with Crippen molar-refractivity contribution in [3.05, 3.63) is 103 Å². The Balaban J connectivity index is 1.39. The zero-order chi connectivity index (χ0) is 23.4. The maximum Gasteiger partial charge on any atom is 0.279 e. The lowest BCUT2D eigenvalue weighted by molar-refractivity contribution is -0.115. The lowest BCUT2D eigenvalue weighted by Crippen LogP contribution is -2.20. The van der Waals surface area contributed by atoms with Gasteiger partial charge in [-0.3, -0.25) is 9.59 Å². The van der Waals surface area contributed by atoms with Crippen molar-refractivity contribution < 1.29 is 14.3 Å². The van der Waals surface area contributed by atoms with Gasteiger partial charge in [-0.2, -0.15) is 4.99 Å².